The molecule has 0 spiro atoms. The molecule has 3 N–H and O–H groups in total. The molecule has 0 radical (unpaired) electrons. The Kier molecular flexibility index (Phi) is 3.52. The lowest BCUT2D eigenvalue weighted by molar-refractivity contribution is -0.140. The van der Waals surface area contributed by atoms with Gasteiger partial charge in [-0.1, -0.05) is 0 Å². The third kappa shape index (κ3) is 2.20. The number of ether oxygens (including phenoxy) is 1. The van der Waals surface area contributed by atoms with Crippen molar-refractivity contribution in [1.29, 1.82) is 0 Å². The highest BCUT2D eigenvalue weighted by Gasteiger charge is 2.59. The van der Waals surface area contributed by atoms with Gasteiger partial charge in [-0.05, 0) is 6.07 Å². The molecule has 1 aliphatic rings. The molecule has 106 valence electrons. The molecule has 2 heterocycles. The van der Waals surface area contributed by atoms with Crippen LogP contribution >= 0.6 is 0 Å². The van der Waals surface area contributed by atoms with Gasteiger partial charge < -0.3 is 20.3 Å². The third-order valence-corrected chi connectivity index (χ3v) is 2.90. The van der Waals surface area contributed by atoms with E-state index < -0.39 is 36.7 Å². The zero-order chi connectivity index (χ0) is 14.2. The number of halogens is 2. The number of hydrogen-bond donors (Lipinski definition) is 3. The van der Waals surface area contributed by atoms with Crippen molar-refractivity contribution in [3.63, 3.8) is 0 Å². The molecule has 3 atom stereocenters. The minimum atomic E-state index is -3.69. The molecule has 1 fully saturated rings. The lowest BCUT2D eigenvalue weighted by Gasteiger charge is -2.21. The molecule has 0 aliphatic carbocycles. The van der Waals surface area contributed by atoms with Crippen LogP contribution in [-0.4, -0.2) is 51.5 Å². The summed E-state index contributed by atoms with van der Waals surface area (Å²) in [5.41, 5.74) is -0.942. The lowest BCUT2D eigenvalue weighted by Crippen LogP contribution is -2.41. The van der Waals surface area contributed by atoms with E-state index in [1.807, 2.05) is 0 Å². The fourth-order valence-electron chi connectivity index (χ4n) is 1.85. The molecule has 19 heavy (non-hydrogen) atoms. The normalized spacial score (nSPS) is 29.4. The quantitative estimate of drug-likeness (QED) is 0.667. The lowest BCUT2D eigenvalue weighted by atomic mass is 10.1. The van der Waals surface area contributed by atoms with Crippen LogP contribution in [0.25, 0.3) is 0 Å². The molecule has 1 aromatic rings. The van der Waals surface area contributed by atoms with E-state index in [1.165, 1.54) is 13.1 Å². The smallest absolute Gasteiger partial charge is 0.351 e. The van der Waals surface area contributed by atoms with Gasteiger partial charge in [0.2, 0.25) is 6.23 Å². The van der Waals surface area contributed by atoms with E-state index in [1.54, 1.807) is 0 Å². The Morgan fingerprint density at radius 3 is 2.79 bits per heavy atom. The molecule has 1 aliphatic heterocycles. The SMILES string of the molecule is CNc1ccn([C@@H]2O[C@H](CO)[C@H](O)C2(F)F)c(=O)n1. The molecule has 9 heteroatoms. The van der Waals surface area contributed by atoms with Crippen molar-refractivity contribution >= 4 is 5.82 Å². The fourth-order valence-corrected chi connectivity index (χ4v) is 1.85. The van der Waals surface area contributed by atoms with E-state index >= 15 is 0 Å². The van der Waals surface area contributed by atoms with Crippen molar-refractivity contribution in [2.24, 2.45) is 0 Å². The highest BCUT2D eigenvalue weighted by Crippen LogP contribution is 2.41. The largest absolute Gasteiger partial charge is 0.394 e. The van der Waals surface area contributed by atoms with Gasteiger partial charge in [0.15, 0.2) is 6.10 Å². The van der Waals surface area contributed by atoms with Crippen molar-refractivity contribution in [1.82, 2.24) is 9.55 Å². The molecule has 2 rings (SSSR count). The van der Waals surface area contributed by atoms with Gasteiger partial charge in [-0.2, -0.15) is 13.8 Å². The minimum Gasteiger partial charge on any atom is -0.394 e. The van der Waals surface area contributed by atoms with Gasteiger partial charge in [-0.15, -0.1) is 0 Å². The Labute approximate surface area is 106 Å². The maximum absolute atomic E-state index is 13.8. The van der Waals surface area contributed by atoms with Gasteiger partial charge in [0, 0.05) is 13.2 Å². The first kappa shape index (κ1) is 13.8. The molecule has 1 saturated heterocycles. The van der Waals surface area contributed by atoms with Crippen LogP contribution in [0.1, 0.15) is 6.23 Å². The second-order valence-electron chi connectivity index (χ2n) is 4.08. The first-order chi connectivity index (χ1) is 8.91. The Morgan fingerprint density at radius 1 is 1.63 bits per heavy atom. The van der Waals surface area contributed by atoms with Crippen LogP contribution in [-0.2, 0) is 4.74 Å². The molecule has 1 aromatic heterocycles. The van der Waals surface area contributed by atoms with E-state index in [0.29, 0.717) is 4.57 Å². The second-order valence-corrected chi connectivity index (χ2v) is 4.08. The van der Waals surface area contributed by atoms with E-state index in [0.717, 1.165) is 6.20 Å². The van der Waals surface area contributed by atoms with Crippen molar-refractivity contribution in [3.8, 4) is 0 Å². The van der Waals surface area contributed by atoms with Crippen LogP contribution in [0.4, 0.5) is 14.6 Å². The molecular weight excluding hydrogens is 264 g/mol. The van der Waals surface area contributed by atoms with E-state index in [4.69, 9.17) is 9.84 Å². The molecule has 0 bridgehead atoms. The zero-order valence-electron chi connectivity index (χ0n) is 9.96. The monoisotopic (exact) mass is 277 g/mol. The number of nitrogens with one attached hydrogen (secondary N) is 1. The van der Waals surface area contributed by atoms with Crippen molar-refractivity contribution in [2.75, 3.05) is 19.0 Å². The highest BCUT2D eigenvalue weighted by atomic mass is 19.3. The first-order valence-electron chi connectivity index (χ1n) is 5.51. The Hall–Kier alpha value is -1.58. The van der Waals surface area contributed by atoms with Crippen molar-refractivity contribution < 1.29 is 23.7 Å². The first-order valence-corrected chi connectivity index (χ1v) is 5.51. The molecule has 0 saturated carbocycles. The second kappa shape index (κ2) is 4.83. The van der Waals surface area contributed by atoms with Gasteiger partial charge >= 0.3 is 11.6 Å². The maximum Gasteiger partial charge on any atom is 0.351 e. The summed E-state index contributed by atoms with van der Waals surface area (Å²) in [6, 6.07) is 1.32. The topological polar surface area (TPSA) is 96.6 Å². The Bertz CT molecular complexity index is 522. The minimum absolute atomic E-state index is 0.224. The van der Waals surface area contributed by atoms with Gasteiger partial charge in [-0.25, -0.2) is 4.79 Å². The molecule has 0 unspecified atom stereocenters. The van der Waals surface area contributed by atoms with Crippen LogP contribution in [0, 0.1) is 0 Å². The molecule has 7 nitrogen and oxygen atoms in total. The van der Waals surface area contributed by atoms with Crippen LogP contribution in [0.2, 0.25) is 0 Å². The Morgan fingerprint density at radius 2 is 2.32 bits per heavy atom. The van der Waals surface area contributed by atoms with Crippen LogP contribution in [0.15, 0.2) is 17.1 Å². The molecule has 0 amide bonds. The number of anilines is 1. The van der Waals surface area contributed by atoms with Gasteiger partial charge in [0.05, 0.1) is 6.61 Å². The van der Waals surface area contributed by atoms with Gasteiger partial charge in [0.1, 0.15) is 11.9 Å². The van der Waals surface area contributed by atoms with Crippen LogP contribution < -0.4 is 11.0 Å². The average molecular weight is 277 g/mol. The summed E-state index contributed by atoms with van der Waals surface area (Å²) in [4.78, 5) is 15.1. The van der Waals surface area contributed by atoms with E-state index in [2.05, 4.69) is 10.3 Å². The Balaban J connectivity index is 2.39. The van der Waals surface area contributed by atoms with Crippen molar-refractivity contribution in [2.45, 2.75) is 24.4 Å². The predicted octanol–water partition coefficient (Wildman–Crippen LogP) is -0.829. The number of nitrogens with zero attached hydrogens (tertiary/aromatic N) is 2. The number of alkyl halides is 2. The van der Waals surface area contributed by atoms with Gasteiger partial charge in [0.25, 0.3) is 0 Å². The summed E-state index contributed by atoms with van der Waals surface area (Å²) in [6.07, 6.45) is -4.54. The number of aliphatic hydroxyl groups excluding tert-OH is 2. The standard InChI is InChI=1S/C10H13F2N3O4/c1-13-6-2-3-15(9(18)14-6)8-10(11,12)7(17)5(4-16)19-8/h2-3,5,7-8,16-17H,4H2,1H3,(H,13,14,18)/t5-,7+,8-/m1/s1. The van der Waals surface area contributed by atoms with Crippen LogP contribution in [0.5, 0.6) is 0 Å². The number of aliphatic hydroxyl groups is 2. The van der Waals surface area contributed by atoms with Crippen LogP contribution in [0.3, 0.4) is 0 Å². The zero-order valence-corrected chi connectivity index (χ0v) is 9.96. The summed E-state index contributed by atoms with van der Waals surface area (Å²) in [6.45, 7) is -0.774. The predicted molar refractivity (Wildman–Crippen MR) is 60.0 cm³/mol. The number of hydrogen-bond acceptors (Lipinski definition) is 6. The third-order valence-electron chi connectivity index (χ3n) is 2.90. The highest BCUT2D eigenvalue weighted by molar-refractivity contribution is 5.30. The molecular formula is C10H13F2N3O4. The number of rotatable bonds is 3. The van der Waals surface area contributed by atoms with E-state index in [-0.39, 0.29) is 5.82 Å². The summed E-state index contributed by atoms with van der Waals surface area (Å²) < 4.78 is 33.0. The summed E-state index contributed by atoms with van der Waals surface area (Å²) in [7, 11) is 1.53. The van der Waals surface area contributed by atoms with E-state index in [9.17, 15) is 18.7 Å². The molecule has 0 aromatic carbocycles. The summed E-state index contributed by atoms with van der Waals surface area (Å²) in [5, 5.41) is 20.8. The summed E-state index contributed by atoms with van der Waals surface area (Å²) >= 11 is 0. The average Bonchev–Trinajstić information content (AvgIpc) is 2.61. The fraction of sp³-hybridized carbons (Fsp3) is 0.600. The van der Waals surface area contributed by atoms with Gasteiger partial charge in [-0.3, -0.25) is 4.57 Å². The summed E-state index contributed by atoms with van der Waals surface area (Å²) in [5.74, 6) is -3.47. The number of aromatic nitrogens is 2. The maximum atomic E-state index is 13.8. The van der Waals surface area contributed by atoms with Crippen molar-refractivity contribution in [3.05, 3.63) is 22.7 Å².